The molecular weight excluding hydrogens is 288 g/mol. The van der Waals surface area contributed by atoms with E-state index in [9.17, 15) is 5.11 Å². The van der Waals surface area contributed by atoms with E-state index in [4.69, 9.17) is 4.74 Å². The molecule has 4 heteroatoms. The summed E-state index contributed by atoms with van der Waals surface area (Å²) in [6.07, 6.45) is 3.22. The molecule has 1 atom stereocenters. The molecule has 0 bridgehead atoms. The van der Waals surface area contributed by atoms with E-state index in [-0.39, 0.29) is 6.10 Å². The van der Waals surface area contributed by atoms with E-state index in [1.807, 2.05) is 31.2 Å². The number of benzene rings is 1. The van der Waals surface area contributed by atoms with Crippen LogP contribution in [0.1, 0.15) is 31.9 Å². The molecule has 4 nitrogen and oxygen atoms in total. The maximum absolute atomic E-state index is 9.61. The lowest BCUT2D eigenvalue weighted by Crippen LogP contribution is -2.36. The summed E-state index contributed by atoms with van der Waals surface area (Å²) in [5.74, 6) is 0.859. The molecule has 1 aromatic carbocycles. The van der Waals surface area contributed by atoms with Gasteiger partial charge in [-0.3, -0.25) is 9.88 Å². The highest BCUT2D eigenvalue weighted by Gasteiger charge is 2.12. The van der Waals surface area contributed by atoms with Crippen LogP contribution in [0.2, 0.25) is 0 Å². The van der Waals surface area contributed by atoms with Crippen molar-refractivity contribution in [2.45, 2.75) is 46.1 Å². The van der Waals surface area contributed by atoms with E-state index >= 15 is 0 Å². The Bertz CT molecular complexity index is 568. The maximum atomic E-state index is 9.61. The second-order valence-corrected chi connectivity index (χ2v) is 6.16. The molecule has 0 aliphatic heterocycles. The van der Waals surface area contributed by atoms with Gasteiger partial charge in [0.15, 0.2) is 0 Å². The third kappa shape index (κ3) is 6.00. The van der Waals surface area contributed by atoms with Crippen LogP contribution in [0.25, 0.3) is 0 Å². The Morgan fingerprint density at radius 2 is 1.65 bits per heavy atom. The van der Waals surface area contributed by atoms with Crippen LogP contribution < -0.4 is 4.74 Å². The van der Waals surface area contributed by atoms with Crippen molar-refractivity contribution in [2.24, 2.45) is 0 Å². The van der Waals surface area contributed by atoms with Crippen LogP contribution in [0.15, 0.2) is 48.8 Å². The largest absolute Gasteiger partial charge is 0.489 e. The van der Waals surface area contributed by atoms with Gasteiger partial charge in [-0.25, -0.2) is 0 Å². The van der Waals surface area contributed by atoms with Gasteiger partial charge in [-0.1, -0.05) is 12.1 Å². The molecule has 0 amide bonds. The van der Waals surface area contributed by atoms with Gasteiger partial charge in [0.1, 0.15) is 12.4 Å². The lowest BCUT2D eigenvalue weighted by atomic mass is 10.1. The van der Waals surface area contributed by atoms with E-state index < -0.39 is 0 Å². The SMILES string of the molecule is CC(O)CN(Cc1ccc(OCc2ccncc2)cc1)C(C)C. The predicted octanol–water partition coefficient (Wildman–Crippen LogP) is 3.25. The highest BCUT2D eigenvalue weighted by molar-refractivity contribution is 5.27. The monoisotopic (exact) mass is 314 g/mol. The highest BCUT2D eigenvalue weighted by Crippen LogP contribution is 2.16. The van der Waals surface area contributed by atoms with Gasteiger partial charge >= 0.3 is 0 Å². The fourth-order valence-corrected chi connectivity index (χ4v) is 2.37. The van der Waals surface area contributed by atoms with Gasteiger partial charge in [0.2, 0.25) is 0 Å². The average molecular weight is 314 g/mol. The first-order valence-electron chi connectivity index (χ1n) is 8.07. The first-order chi connectivity index (χ1) is 11.0. The summed E-state index contributed by atoms with van der Waals surface area (Å²) >= 11 is 0. The van der Waals surface area contributed by atoms with E-state index in [2.05, 4.69) is 35.9 Å². The van der Waals surface area contributed by atoms with Gasteiger partial charge < -0.3 is 9.84 Å². The van der Waals surface area contributed by atoms with Crippen LogP contribution in [0.4, 0.5) is 0 Å². The first-order valence-corrected chi connectivity index (χ1v) is 8.07. The molecule has 0 saturated carbocycles. The van der Waals surface area contributed by atoms with Crippen LogP contribution in [0.3, 0.4) is 0 Å². The number of hydrogen-bond donors (Lipinski definition) is 1. The number of nitrogens with zero attached hydrogens (tertiary/aromatic N) is 2. The van der Waals surface area contributed by atoms with Crippen molar-refractivity contribution in [3.05, 3.63) is 59.9 Å². The molecule has 2 rings (SSSR count). The Labute approximate surface area is 138 Å². The molecule has 23 heavy (non-hydrogen) atoms. The minimum absolute atomic E-state index is 0.319. The standard InChI is InChI=1S/C19H26N2O2/c1-15(2)21(12-16(3)22)13-17-4-6-19(7-5-17)23-14-18-8-10-20-11-9-18/h4-11,15-16,22H,12-14H2,1-3H3. The maximum Gasteiger partial charge on any atom is 0.119 e. The van der Waals surface area contributed by atoms with Crippen molar-refractivity contribution in [1.29, 1.82) is 0 Å². The lowest BCUT2D eigenvalue weighted by Gasteiger charge is -2.27. The fourth-order valence-electron chi connectivity index (χ4n) is 2.37. The molecule has 1 heterocycles. The van der Waals surface area contributed by atoms with Gasteiger partial charge in [0, 0.05) is 31.5 Å². The van der Waals surface area contributed by atoms with Crippen LogP contribution >= 0.6 is 0 Å². The molecule has 0 aliphatic carbocycles. The topological polar surface area (TPSA) is 45.6 Å². The van der Waals surface area contributed by atoms with Gasteiger partial charge in [-0.15, -0.1) is 0 Å². The zero-order valence-corrected chi connectivity index (χ0v) is 14.1. The van der Waals surface area contributed by atoms with Gasteiger partial charge in [0.05, 0.1) is 6.10 Å². The summed E-state index contributed by atoms with van der Waals surface area (Å²) in [6.45, 7) is 8.17. The van der Waals surface area contributed by atoms with Crippen molar-refractivity contribution in [1.82, 2.24) is 9.88 Å². The summed E-state index contributed by atoms with van der Waals surface area (Å²) in [4.78, 5) is 6.26. The minimum Gasteiger partial charge on any atom is -0.489 e. The van der Waals surface area contributed by atoms with E-state index in [0.717, 1.165) is 17.9 Å². The Morgan fingerprint density at radius 3 is 2.22 bits per heavy atom. The highest BCUT2D eigenvalue weighted by atomic mass is 16.5. The van der Waals surface area contributed by atoms with E-state index in [1.54, 1.807) is 12.4 Å². The quantitative estimate of drug-likeness (QED) is 0.812. The zero-order chi connectivity index (χ0) is 16.7. The number of aromatic nitrogens is 1. The van der Waals surface area contributed by atoms with Crippen LogP contribution in [-0.2, 0) is 13.2 Å². The van der Waals surface area contributed by atoms with Crippen molar-refractivity contribution < 1.29 is 9.84 Å². The van der Waals surface area contributed by atoms with Crippen LogP contribution in [0, 0.1) is 0 Å². The van der Waals surface area contributed by atoms with E-state index in [1.165, 1.54) is 5.56 Å². The summed E-state index contributed by atoms with van der Waals surface area (Å²) < 4.78 is 5.78. The van der Waals surface area contributed by atoms with Crippen molar-refractivity contribution in [2.75, 3.05) is 6.54 Å². The molecule has 0 spiro atoms. The van der Waals surface area contributed by atoms with Crippen molar-refractivity contribution in [3.8, 4) is 5.75 Å². The number of hydrogen-bond acceptors (Lipinski definition) is 4. The predicted molar refractivity (Wildman–Crippen MR) is 92.2 cm³/mol. The molecule has 2 aromatic rings. The molecule has 124 valence electrons. The third-order valence-corrected chi connectivity index (χ3v) is 3.69. The number of aliphatic hydroxyl groups is 1. The normalized spacial score (nSPS) is 12.6. The second kappa shape index (κ2) is 8.65. The number of rotatable bonds is 8. The van der Waals surface area contributed by atoms with Gasteiger partial charge in [-0.05, 0) is 56.2 Å². The van der Waals surface area contributed by atoms with Gasteiger partial charge in [0.25, 0.3) is 0 Å². The fraction of sp³-hybridized carbons (Fsp3) is 0.421. The summed E-state index contributed by atoms with van der Waals surface area (Å²) in [6, 6.07) is 12.5. The zero-order valence-electron chi connectivity index (χ0n) is 14.1. The Balaban J connectivity index is 1.90. The molecular formula is C19H26N2O2. The molecule has 0 fully saturated rings. The molecule has 0 aliphatic rings. The smallest absolute Gasteiger partial charge is 0.119 e. The Morgan fingerprint density at radius 1 is 1.00 bits per heavy atom. The van der Waals surface area contributed by atoms with Crippen molar-refractivity contribution >= 4 is 0 Å². The summed E-state index contributed by atoms with van der Waals surface area (Å²) in [5, 5.41) is 9.61. The molecule has 1 N–H and O–H groups in total. The molecule has 1 unspecified atom stereocenters. The Hall–Kier alpha value is -1.91. The van der Waals surface area contributed by atoms with Gasteiger partial charge in [-0.2, -0.15) is 0 Å². The van der Waals surface area contributed by atoms with Crippen LogP contribution in [-0.4, -0.2) is 33.7 Å². The first kappa shape index (κ1) is 17.4. The second-order valence-electron chi connectivity index (χ2n) is 6.16. The number of pyridine rings is 1. The molecule has 1 aromatic heterocycles. The number of ether oxygens (including phenoxy) is 1. The van der Waals surface area contributed by atoms with Crippen LogP contribution in [0.5, 0.6) is 5.75 Å². The summed E-state index contributed by atoms with van der Waals surface area (Å²) in [5.41, 5.74) is 2.32. The number of aliphatic hydroxyl groups excluding tert-OH is 1. The minimum atomic E-state index is -0.319. The lowest BCUT2D eigenvalue weighted by molar-refractivity contribution is 0.103. The molecule has 0 radical (unpaired) electrons. The van der Waals surface area contributed by atoms with E-state index in [0.29, 0.717) is 19.2 Å². The Kier molecular flexibility index (Phi) is 6.56. The third-order valence-electron chi connectivity index (χ3n) is 3.69. The average Bonchev–Trinajstić information content (AvgIpc) is 2.54. The van der Waals surface area contributed by atoms with Crippen molar-refractivity contribution in [3.63, 3.8) is 0 Å². The molecule has 0 saturated heterocycles. The summed E-state index contributed by atoms with van der Waals surface area (Å²) in [7, 11) is 0.